The molecule has 3 heterocycles. The highest BCUT2D eigenvalue weighted by Crippen LogP contribution is 2.47. The Morgan fingerprint density at radius 1 is 0.973 bits per heavy atom. The van der Waals surface area contributed by atoms with Gasteiger partial charge in [-0.15, -0.1) is 0 Å². The molecule has 0 bridgehead atoms. The summed E-state index contributed by atoms with van der Waals surface area (Å²) in [7, 11) is 1.83. The molecule has 6 nitrogen and oxygen atoms in total. The number of aromatic carboxylic acids is 1. The second-order valence-corrected chi connectivity index (χ2v) is 11.1. The second kappa shape index (κ2) is 10.5. The van der Waals surface area contributed by atoms with Gasteiger partial charge in [-0.1, -0.05) is 43.5 Å². The molecule has 0 amide bonds. The number of carboxylic acid groups (broad SMARTS) is 1. The molecule has 2 fully saturated rings. The Labute approximate surface area is 219 Å². The molecule has 37 heavy (non-hydrogen) atoms. The summed E-state index contributed by atoms with van der Waals surface area (Å²) in [5.41, 5.74) is 6.81. The lowest BCUT2D eigenvalue weighted by Crippen LogP contribution is -2.43. The fourth-order valence-corrected chi connectivity index (χ4v) is 7.03. The summed E-state index contributed by atoms with van der Waals surface area (Å²) in [5.74, 6) is -0.328. The first-order valence-corrected chi connectivity index (χ1v) is 14.1. The lowest BCUT2D eigenvalue weighted by Gasteiger charge is -2.34. The minimum absolute atomic E-state index is 0.346. The van der Waals surface area contributed by atoms with Gasteiger partial charge in [0.2, 0.25) is 0 Å². The Morgan fingerprint density at radius 3 is 2.62 bits per heavy atom. The second-order valence-electron chi connectivity index (χ2n) is 11.1. The van der Waals surface area contributed by atoms with E-state index in [0.717, 1.165) is 51.2 Å². The smallest absolute Gasteiger partial charge is 0.335 e. The van der Waals surface area contributed by atoms with Crippen LogP contribution in [0.4, 0.5) is 5.69 Å². The van der Waals surface area contributed by atoms with Gasteiger partial charge in [0.1, 0.15) is 0 Å². The first-order valence-electron chi connectivity index (χ1n) is 14.1. The summed E-state index contributed by atoms with van der Waals surface area (Å²) < 4.78 is 8.10. The van der Waals surface area contributed by atoms with Gasteiger partial charge in [0.15, 0.2) is 0 Å². The van der Waals surface area contributed by atoms with E-state index in [1.807, 2.05) is 13.2 Å². The van der Waals surface area contributed by atoms with E-state index in [0.29, 0.717) is 17.6 Å². The van der Waals surface area contributed by atoms with Gasteiger partial charge in [-0.05, 0) is 61.9 Å². The number of hydrogen-bond donors (Lipinski definition) is 1. The van der Waals surface area contributed by atoms with Crippen LogP contribution in [0.25, 0.3) is 22.2 Å². The lowest BCUT2D eigenvalue weighted by atomic mass is 9.81. The van der Waals surface area contributed by atoms with Crippen molar-refractivity contribution in [2.45, 2.75) is 63.5 Å². The Balaban J connectivity index is 1.41. The van der Waals surface area contributed by atoms with Crippen molar-refractivity contribution < 1.29 is 14.6 Å². The summed E-state index contributed by atoms with van der Waals surface area (Å²) in [6.07, 6.45) is 9.00. The molecule has 2 aliphatic heterocycles. The molecule has 1 aliphatic carbocycles. The van der Waals surface area contributed by atoms with Crippen LogP contribution in [0.2, 0.25) is 0 Å². The maximum absolute atomic E-state index is 11.9. The molecule has 2 aromatic carbocycles. The van der Waals surface area contributed by atoms with Crippen molar-refractivity contribution in [3.63, 3.8) is 0 Å². The summed E-state index contributed by atoms with van der Waals surface area (Å²) in [6.45, 7) is 5.94. The third-order valence-electron chi connectivity index (χ3n) is 8.94. The molecule has 1 saturated heterocycles. The number of hydrogen-bond acceptors (Lipinski definition) is 4. The van der Waals surface area contributed by atoms with Gasteiger partial charge in [-0.3, -0.25) is 4.90 Å². The zero-order chi connectivity index (χ0) is 25.4. The molecular formula is C31H39N3O3. The van der Waals surface area contributed by atoms with E-state index in [2.05, 4.69) is 44.7 Å². The van der Waals surface area contributed by atoms with Crippen LogP contribution >= 0.6 is 0 Å². The quantitative estimate of drug-likeness (QED) is 0.450. The summed E-state index contributed by atoms with van der Waals surface area (Å²) in [6, 6.07) is 14.7. The predicted octanol–water partition coefficient (Wildman–Crippen LogP) is 5.99. The Kier molecular flexibility index (Phi) is 6.96. The van der Waals surface area contributed by atoms with Gasteiger partial charge in [0.05, 0.1) is 17.4 Å². The number of aromatic nitrogens is 1. The number of likely N-dealkylation sites (tertiary alicyclic amines) is 1. The highest BCUT2D eigenvalue weighted by atomic mass is 16.5. The van der Waals surface area contributed by atoms with E-state index in [9.17, 15) is 9.90 Å². The maximum atomic E-state index is 11.9. The molecule has 1 unspecified atom stereocenters. The van der Waals surface area contributed by atoms with Crippen molar-refractivity contribution in [2.75, 3.05) is 44.7 Å². The summed E-state index contributed by atoms with van der Waals surface area (Å²) in [4.78, 5) is 17.0. The van der Waals surface area contributed by atoms with Crippen LogP contribution in [0, 0.1) is 0 Å². The predicted molar refractivity (Wildman–Crippen MR) is 149 cm³/mol. The van der Waals surface area contributed by atoms with Crippen molar-refractivity contribution >= 4 is 22.6 Å². The first-order chi connectivity index (χ1) is 18.1. The summed E-state index contributed by atoms with van der Waals surface area (Å²) in [5, 5.41) is 11.0. The van der Waals surface area contributed by atoms with Gasteiger partial charge < -0.3 is 19.3 Å². The average Bonchev–Trinajstić information content (AvgIpc) is 3.17. The number of carboxylic acids is 1. The highest BCUT2D eigenvalue weighted by Gasteiger charge is 2.31. The van der Waals surface area contributed by atoms with Gasteiger partial charge in [-0.25, -0.2) is 4.79 Å². The third-order valence-corrected chi connectivity index (χ3v) is 8.94. The average molecular weight is 502 g/mol. The highest BCUT2D eigenvalue weighted by molar-refractivity contribution is 5.99. The Morgan fingerprint density at radius 2 is 1.81 bits per heavy atom. The Bertz CT molecular complexity index is 1280. The molecule has 1 saturated carbocycles. The number of piperidine rings is 1. The van der Waals surface area contributed by atoms with E-state index >= 15 is 0 Å². The van der Waals surface area contributed by atoms with Crippen LogP contribution in [-0.2, 0) is 11.3 Å². The number of para-hydroxylation sites is 1. The fourth-order valence-electron chi connectivity index (χ4n) is 7.03. The van der Waals surface area contributed by atoms with E-state index in [1.165, 1.54) is 66.4 Å². The van der Waals surface area contributed by atoms with Crippen LogP contribution < -0.4 is 4.90 Å². The lowest BCUT2D eigenvalue weighted by molar-refractivity contribution is 0.0324. The molecule has 1 aromatic heterocycles. The van der Waals surface area contributed by atoms with Crippen LogP contribution in [0.1, 0.15) is 66.8 Å². The fraction of sp³-hybridized carbons (Fsp3) is 0.516. The summed E-state index contributed by atoms with van der Waals surface area (Å²) >= 11 is 0. The van der Waals surface area contributed by atoms with Crippen molar-refractivity contribution in [3.05, 3.63) is 53.6 Å². The van der Waals surface area contributed by atoms with Crippen molar-refractivity contribution in [1.29, 1.82) is 0 Å². The zero-order valence-electron chi connectivity index (χ0n) is 22.0. The molecule has 1 N–H and O–H groups in total. The SMILES string of the molecule is COC1CCCN(CCN2CCn3c(c(C4CCCCC4)c4ccc(C(=O)O)cc43)-c3ccccc32)C1. The topological polar surface area (TPSA) is 57.9 Å². The monoisotopic (exact) mass is 501 g/mol. The molecule has 3 aromatic rings. The van der Waals surface area contributed by atoms with E-state index in [-0.39, 0.29) is 0 Å². The normalized spacial score (nSPS) is 21.0. The maximum Gasteiger partial charge on any atom is 0.335 e. The molecule has 3 aliphatic rings. The van der Waals surface area contributed by atoms with Crippen LogP contribution in [0.15, 0.2) is 42.5 Å². The number of ether oxygens (including phenoxy) is 1. The number of fused-ring (bicyclic) bond motifs is 5. The van der Waals surface area contributed by atoms with Crippen LogP contribution in [-0.4, -0.2) is 66.5 Å². The first kappa shape index (κ1) is 24.5. The molecule has 196 valence electrons. The molecule has 6 rings (SSSR count). The minimum atomic E-state index is -0.858. The number of rotatable bonds is 6. The van der Waals surface area contributed by atoms with Crippen molar-refractivity contribution in [2.24, 2.45) is 0 Å². The van der Waals surface area contributed by atoms with Crippen molar-refractivity contribution in [1.82, 2.24) is 9.47 Å². The number of methoxy groups -OCH3 is 1. The number of benzene rings is 2. The van der Waals surface area contributed by atoms with E-state index < -0.39 is 5.97 Å². The molecular weight excluding hydrogens is 462 g/mol. The van der Waals surface area contributed by atoms with Crippen LogP contribution in [0.3, 0.4) is 0 Å². The van der Waals surface area contributed by atoms with Gasteiger partial charge >= 0.3 is 5.97 Å². The van der Waals surface area contributed by atoms with E-state index in [1.54, 1.807) is 6.07 Å². The number of anilines is 1. The van der Waals surface area contributed by atoms with Crippen LogP contribution in [0.5, 0.6) is 0 Å². The van der Waals surface area contributed by atoms with E-state index in [4.69, 9.17) is 4.74 Å². The molecule has 0 spiro atoms. The number of nitrogens with zero attached hydrogens (tertiary/aromatic N) is 3. The Hall–Kier alpha value is -2.83. The molecule has 0 radical (unpaired) electrons. The minimum Gasteiger partial charge on any atom is -0.478 e. The zero-order valence-corrected chi connectivity index (χ0v) is 22.0. The number of carbonyl (C=O) groups is 1. The molecule has 6 heteroatoms. The standard InChI is InChI=1S/C31H39N3O3/c1-37-24-10-7-15-32(21-24)16-17-33-18-19-34-28-20-23(31(35)36)13-14-25(28)29(22-8-3-2-4-9-22)30(34)26-11-5-6-12-27(26)33/h5-6,11-14,20,22,24H,2-4,7-10,15-19,21H2,1H3,(H,35,36). The third kappa shape index (κ3) is 4.66. The van der Waals surface area contributed by atoms with Gasteiger partial charge in [0, 0.05) is 62.0 Å². The van der Waals surface area contributed by atoms with Gasteiger partial charge in [-0.2, -0.15) is 0 Å². The van der Waals surface area contributed by atoms with Gasteiger partial charge in [0.25, 0.3) is 0 Å². The largest absolute Gasteiger partial charge is 0.478 e. The molecule has 1 atom stereocenters. The van der Waals surface area contributed by atoms with Crippen molar-refractivity contribution in [3.8, 4) is 11.3 Å².